The lowest BCUT2D eigenvalue weighted by atomic mass is 9.79. The number of nitrogens with zero attached hydrogens (tertiary/aromatic N) is 2. The minimum absolute atomic E-state index is 0.0206. The Kier molecular flexibility index (Phi) is 12.7. The lowest BCUT2D eigenvalue weighted by Crippen LogP contribution is -2.63. The molecular weight excluding hydrogens is 676 g/mol. The van der Waals surface area contributed by atoms with Gasteiger partial charge in [0.15, 0.2) is 11.5 Å². The first-order valence-electron chi connectivity index (χ1n) is 17.3. The molecule has 0 spiro atoms. The van der Waals surface area contributed by atoms with Crippen molar-refractivity contribution in [2.75, 3.05) is 52.9 Å². The van der Waals surface area contributed by atoms with E-state index in [-0.39, 0.29) is 40.6 Å². The summed E-state index contributed by atoms with van der Waals surface area (Å²) in [5.41, 5.74) is 2.08. The summed E-state index contributed by atoms with van der Waals surface area (Å²) in [7, 11) is 4.95. The molecule has 276 valence electrons. The predicted octanol–water partition coefficient (Wildman–Crippen LogP) is 3.37. The third-order valence-electron chi connectivity index (χ3n) is 9.76. The number of nitrogens with one attached hydrogen (secondary N) is 2. The number of hydrogen-bond acceptors (Lipinski definition) is 10. The monoisotopic (exact) mass is 724 g/mol. The molecule has 2 aromatic rings. The molecule has 3 amide bonds. The van der Waals surface area contributed by atoms with Crippen molar-refractivity contribution in [3.8, 4) is 11.5 Å². The number of fused-ring (bicyclic) bond motifs is 1. The van der Waals surface area contributed by atoms with Gasteiger partial charge < -0.3 is 44.9 Å². The molecule has 5 rings (SSSR count). The Morgan fingerprint density at radius 3 is 2.57 bits per heavy atom. The number of β-lactam (4-membered cyclic amide) rings is 1. The molecule has 13 nitrogen and oxygen atoms in total. The Morgan fingerprint density at radius 1 is 1.10 bits per heavy atom. The van der Waals surface area contributed by atoms with Gasteiger partial charge in [-0.15, -0.1) is 11.8 Å². The number of aliphatic hydroxyl groups excluding tert-OH is 1. The number of anilines is 1. The Hall–Kier alpha value is -4.11. The topological polar surface area (TPSA) is 167 Å². The fraction of sp³-hybridized carbons (Fsp3) is 0.514. The molecule has 3 heterocycles. The molecule has 51 heavy (non-hydrogen) atoms. The minimum atomic E-state index is -1.17. The lowest BCUT2D eigenvalue weighted by Gasteiger charge is -2.46. The van der Waals surface area contributed by atoms with E-state index < -0.39 is 24.0 Å². The van der Waals surface area contributed by atoms with Gasteiger partial charge in [-0.1, -0.05) is 19.1 Å². The number of thioether (sulfide) groups is 1. The second kappa shape index (κ2) is 16.9. The summed E-state index contributed by atoms with van der Waals surface area (Å²) in [4.78, 5) is 54.7. The maximum atomic E-state index is 13.2. The third-order valence-corrected chi connectivity index (χ3v) is 11.3. The molecule has 3 aliphatic heterocycles. The molecule has 14 heteroatoms. The largest absolute Gasteiger partial charge is 0.493 e. The number of hydrogen-bond donors (Lipinski definition) is 4. The van der Waals surface area contributed by atoms with Gasteiger partial charge in [-0.3, -0.25) is 14.4 Å². The van der Waals surface area contributed by atoms with Crippen LogP contribution in [0.1, 0.15) is 49.0 Å². The first kappa shape index (κ1) is 38.1. The molecule has 1 unspecified atom stereocenters. The maximum Gasteiger partial charge on any atom is 0.353 e. The number of carboxylic acids is 1. The van der Waals surface area contributed by atoms with E-state index in [1.807, 2.05) is 25.1 Å². The van der Waals surface area contributed by atoms with Crippen molar-refractivity contribution in [1.29, 1.82) is 0 Å². The van der Waals surface area contributed by atoms with Gasteiger partial charge in [0.1, 0.15) is 5.70 Å². The van der Waals surface area contributed by atoms with Gasteiger partial charge in [-0.2, -0.15) is 0 Å². The Bertz CT molecular complexity index is 1650. The number of carbonyl (C=O) groups is 4. The van der Waals surface area contributed by atoms with E-state index in [1.165, 1.54) is 22.2 Å². The molecule has 6 atom stereocenters. The summed E-state index contributed by atoms with van der Waals surface area (Å²) in [5.74, 6) is -1.42. The van der Waals surface area contributed by atoms with E-state index in [2.05, 4.69) is 10.6 Å². The molecule has 0 saturated carbocycles. The van der Waals surface area contributed by atoms with E-state index in [9.17, 15) is 29.4 Å². The maximum absolute atomic E-state index is 13.2. The third kappa shape index (κ3) is 8.52. The molecule has 0 aliphatic carbocycles. The fourth-order valence-corrected chi connectivity index (χ4v) is 8.48. The summed E-state index contributed by atoms with van der Waals surface area (Å²) in [6, 6.07) is 11.8. The second-order valence-corrected chi connectivity index (χ2v) is 14.6. The van der Waals surface area contributed by atoms with Crippen LogP contribution in [-0.4, -0.2) is 115 Å². The van der Waals surface area contributed by atoms with Gasteiger partial charge in [0.05, 0.1) is 44.9 Å². The highest BCUT2D eigenvalue weighted by molar-refractivity contribution is 8.03. The normalized spacial score (nSPS) is 23.1. The van der Waals surface area contributed by atoms with E-state index in [0.29, 0.717) is 60.4 Å². The Balaban J connectivity index is 1.05. The Labute approximate surface area is 302 Å². The van der Waals surface area contributed by atoms with E-state index >= 15 is 0 Å². The summed E-state index contributed by atoms with van der Waals surface area (Å²) in [6.07, 6.45) is 2.32. The highest BCUT2D eigenvalue weighted by Crippen LogP contribution is 2.51. The quantitative estimate of drug-likeness (QED) is 0.140. The van der Waals surface area contributed by atoms with Crippen LogP contribution >= 0.6 is 11.8 Å². The number of rotatable bonds is 17. The van der Waals surface area contributed by atoms with E-state index in [0.717, 1.165) is 19.3 Å². The van der Waals surface area contributed by atoms with Crippen LogP contribution in [0.25, 0.3) is 0 Å². The molecule has 0 radical (unpaired) electrons. The molecule has 2 fully saturated rings. The van der Waals surface area contributed by atoms with Gasteiger partial charge in [0, 0.05) is 54.1 Å². The number of ether oxygens (including phenoxy) is 3. The van der Waals surface area contributed by atoms with E-state index in [1.54, 1.807) is 57.4 Å². The van der Waals surface area contributed by atoms with Crippen LogP contribution in [0.5, 0.6) is 11.5 Å². The van der Waals surface area contributed by atoms with Crippen LogP contribution in [0.15, 0.2) is 53.1 Å². The highest BCUT2D eigenvalue weighted by atomic mass is 32.2. The number of methoxy groups -OCH3 is 2. The van der Waals surface area contributed by atoms with Crippen LogP contribution in [0.3, 0.4) is 0 Å². The molecule has 3 aliphatic rings. The van der Waals surface area contributed by atoms with Crippen molar-refractivity contribution in [1.82, 2.24) is 15.1 Å². The number of carbonyl (C=O) groups excluding carboxylic acids is 3. The summed E-state index contributed by atoms with van der Waals surface area (Å²) < 4.78 is 16.4. The van der Waals surface area contributed by atoms with E-state index in [4.69, 9.17) is 14.2 Å². The second-order valence-electron chi connectivity index (χ2n) is 13.3. The van der Waals surface area contributed by atoms with Gasteiger partial charge in [-0.25, -0.2) is 4.79 Å². The highest BCUT2D eigenvalue weighted by Gasteiger charge is 2.60. The molecule has 0 aromatic heterocycles. The number of amides is 3. The molecule has 2 saturated heterocycles. The number of aliphatic carboxylic acids is 1. The average molecular weight is 725 g/mol. The summed E-state index contributed by atoms with van der Waals surface area (Å²) in [5, 5.41) is 26.1. The molecular formula is C37H48N4O9S. The van der Waals surface area contributed by atoms with Gasteiger partial charge >= 0.3 is 5.97 Å². The molecule has 0 bridgehead atoms. The number of aliphatic hydroxyl groups is 1. The van der Waals surface area contributed by atoms with Crippen LogP contribution < -0.4 is 20.1 Å². The fourth-order valence-electron chi connectivity index (χ4n) is 7.01. The zero-order valence-corrected chi connectivity index (χ0v) is 30.5. The van der Waals surface area contributed by atoms with Crippen molar-refractivity contribution < 1.29 is 43.6 Å². The van der Waals surface area contributed by atoms with Crippen LogP contribution in [0.4, 0.5) is 5.69 Å². The number of benzene rings is 2. The van der Waals surface area contributed by atoms with Crippen molar-refractivity contribution in [2.45, 2.75) is 63.0 Å². The van der Waals surface area contributed by atoms with Gasteiger partial charge in [0.25, 0.3) is 5.91 Å². The van der Waals surface area contributed by atoms with Crippen LogP contribution in [-0.2, 0) is 25.5 Å². The van der Waals surface area contributed by atoms with Crippen molar-refractivity contribution in [2.24, 2.45) is 11.8 Å². The lowest BCUT2D eigenvalue weighted by molar-refractivity contribution is -0.163. The number of likely N-dealkylation sites (N-methyl/N-ethyl adjacent to an activating group) is 1. The smallest absolute Gasteiger partial charge is 0.353 e. The zero-order valence-electron chi connectivity index (χ0n) is 29.7. The van der Waals surface area contributed by atoms with Crippen molar-refractivity contribution in [3.05, 3.63) is 64.2 Å². The Morgan fingerprint density at radius 2 is 1.86 bits per heavy atom. The average Bonchev–Trinajstić information content (AvgIpc) is 3.68. The van der Waals surface area contributed by atoms with Gasteiger partial charge in [0.2, 0.25) is 11.8 Å². The summed E-state index contributed by atoms with van der Waals surface area (Å²) >= 11 is 1.38. The minimum Gasteiger partial charge on any atom is -0.493 e. The number of unbranched alkanes of at least 4 members (excludes halogenated alkanes) is 1. The first-order chi connectivity index (χ1) is 24.4. The number of aryl methyl sites for hydroxylation is 1. The van der Waals surface area contributed by atoms with Crippen LogP contribution in [0, 0.1) is 11.8 Å². The van der Waals surface area contributed by atoms with Gasteiger partial charge in [-0.05, 0) is 68.5 Å². The predicted molar refractivity (Wildman–Crippen MR) is 193 cm³/mol. The summed E-state index contributed by atoms with van der Waals surface area (Å²) in [6.45, 7) is 5.32. The number of carboxylic acid groups (broad SMARTS) is 1. The van der Waals surface area contributed by atoms with Crippen LogP contribution in [0.2, 0.25) is 0 Å². The standard InChI is InChI=1S/C37H48N4O9S/c1-21-31-30(22(2)42)36(45)41(31)32(37(46)47)33(21)51-26-19-27(38-20-26)34(43)39-25-11-8-10-24(18-25)35(44)40(3)14-16-50-15-7-6-9-23-12-13-28(48-4)29(17-23)49-5/h8,10-13,17-18,21-22,26-27,30-31,38,42H,6-7,9,14-16,19-20H2,1-5H3,(H,39,43)(H,46,47)/t21-,22-,26+,27+,30-,31?/m1/s1. The zero-order chi connectivity index (χ0) is 36.8. The first-order valence-corrected chi connectivity index (χ1v) is 18.2. The van der Waals surface area contributed by atoms with Crippen molar-refractivity contribution >= 4 is 41.1 Å². The molecule has 2 aromatic carbocycles. The molecule has 4 N–H and O–H groups in total. The SMILES string of the molecule is COc1ccc(CCCCOCCN(C)C(=O)c2cccc(NC(=O)[C@@H]3C[C@H](SC4=C(C(=O)O)N5C(=O)[C@H]([C@@H](C)O)C5[C@H]4C)CN3)c2)cc1OC. The van der Waals surface area contributed by atoms with Crippen molar-refractivity contribution in [3.63, 3.8) is 0 Å².